The maximum atomic E-state index is 12.5. The maximum absolute atomic E-state index is 12.5. The lowest BCUT2D eigenvalue weighted by molar-refractivity contribution is -0.114. The molecule has 1 heterocycles. The van der Waals surface area contributed by atoms with Gasteiger partial charge in [-0.15, -0.1) is 0 Å². The Kier molecular flexibility index (Phi) is 7.34. The highest BCUT2D eigenvalue weighted by molar-refractivity contribution is 9.10. The molecule has 0 bridgehead atoms. The van der Waals surface area contributed by atoms with Gasteiger partial charge in [0.25, 0.3) is 10.0 Å². The van der Waals surface area contributed by atoms with Crippen LogP contribution in [-0.2, 0) is 24.8 Å². The van der Waals surface area contributed by atoms with E-state index in [2.05, 4.69) is 35.9 Å². The van der Waals surface area contributed by atoms with Crippen molar-refractivity contribution < 1.29 is 21.6 Å². The molecule has 10 nitrogen and oxygen atoms in total. The predicted octanol–water partition coefficient (Wildman–Crippen LogP) is 2.75. The predicted molar refractivity (Wildman–Crippen MR) is 129 cm³/mol. The minimum absolute atomic E-state index is 0.0545. The molecular weight excluding hydrogens is 534 g/mol. The highest BCUT2D eigenvalue weighted by Crippen LogP contribution is 2.21. The number of halogens is 1. The molecule has 13 heteroatoms. The zero-order valence-corrected chi connectivity index (χ0v) is 20.8. The number of sulfonamides is 2. The second-order valence-electron chi connectivity index (χ2n) is 6.95. The quantitative estimate of drug-likeness (QED) is 0.437. The van der Waals surface area contributed by atoms with Crippen molar-refractivity contribution in [1.82, 2.24) is 9.97 Å². The van der Waals surface area contributed by atoms with Crippen LogP contribution in [-0.4, -0.2) is 45.5 Å². The van der Waals surface area contributed by atoms with Gasteiger partial charge in [-0.3, -0.25) is 9.10 Å². The third-order valence-electron chi connectivity index (χ3n) is 4.27. The summed E-state index contributed by atoms with van der Waals surface area (Å²) < 4.78 is 53.4. The number of carbonyl (C=O) groups excluding carboxylic acids is 1. The number of anilines is 3. The Morgan fingerprint density at radius 2 is 1.64 bits per heavy atom. The molecule has 0 saturated carbocycles. The van der Waals surface area contributed by atoms with Crippen LogP contribution in [0.3, 0.4) is 0 Å². The van der Waals surface area contributed by atoms with Crippen LogP contribution in [0.4, 0.5) is 17.3 Å². The summed E-state index contributed by atoms with van der Waals surface area (Å²) >= 11 is 3.28. The Bertz CT molecular complexity index is 1360. The van der Waals surface area contributed by atoms with Gasteiger partial charge in [-0.1, -0.05) is 15.9 Å². The standard InChI is InChI=1S/C20H20BrN5O5S2/c1-14-11-12-22-20(23-14)25-33(30,31)18-9-5-16(6-10-18)24-19(27)13-26(32(2,28)29)17-7-3-15(21)4-8-17/h3-12H,13H2,1-2H3,(H,24,27)(H,22,23,25). The highest BCUT2D eigenvalue weighted by atomic mass is 79.9. The molecule has 0 aliphatic rings. The fraction of sp³-hybridized carbons (Fsp3) is 0.150. The van der Waals surface area contributed by atoms with Crippen molar-refractivity contribution in [3.05, 3.63) is 71.0 Å². The molecule has 0 atom stereocenters. The fourth-order valence-electron chi connectivity index (χ4n) is 2.73. The van der Waals surface area contributed by atoms with Gasteiger partial charge in [0.05, 0.1) is 16.8 Å². The monoisotopic (exact) mass is 553 g/mol. The normalized spacial score (nSPS) is 11.6. The summed E-state index contributed by atoms with van der Waals surface area (Å²) in [6.07, 6.45) is 2.44. The average Bonchev–Trinajstić information content (AvgIpc) is 2.72. The van der Waals surface area contributed by atoms with E-state index in [0.717, 1.165) is 15.0 Å². The molecule has 33 heavy (non-hydrogen) atoms. The van der Waals surface area contributed by atoms with Crippen LogP contribution >= 0.6 is 15.9 Å². The Morgan fingerprint density at radius 1 is 1.00 bits per heavy atom. The first-order valence-corrected chi connectivity index (χ1v) is 13.5. The van der Waals surface area contributed by atoms with E-state index in [1.54, 1.807) is 37.3 Å². The van der Waals surface area contributed by atoms with Gasteiger partial charge in [-0.25, -0.2) is 31.5 Å². The van der Waals surface area contributed by atoms with E-state index in [-0.39, 0.29) is 10.8 Å². The molecule has 0 unspecified atom stereocenters. The lowest BCUT2D eigenvalue weighted by atomic mass is 10.3. The summed E-state index contributed by atoms with van der Waals surface area (Å²) in [4.78, 5) is 20.3. The maximum Gasteiger partial charge on any atom is 0.264 e. The Labute approximate surface area is 200 Å². The van der Waals surface area contributed by atoms with Crippen LogP contribution in [0.15, 0.2) is 70.2 Å². The van der Waals surface area contributed by atoms with Crippen molar-refractivity contribution in [2.24, 2.45) is 0 Å². The van der Waals surface area contributed by atoms with Crippen LogP contribution in [0.25, 0.3) is 0 Å². The van der Waals surface area contributed by atoms with Gasteiger partial charge >= 0.3 is 0 Å². The van der Waals surface area contributed by atoms with Crippen LogP contribution < -0.4 is 14.3 Å². The van der Waals surface area contributed by atoms with Crippen molar-refractivity contribution in [2.45, 2.75) is 11.8 Å². The van der Waals surface area contributed by atoms with Crippen molar-refractivity contribution in [3.8, 4) is 0 Å². The first-order chi connectivity index (χ1) is 15.4. The van der Waals surface area contributed by atoms with E-state index < -0.39 is 32.5 Å². The molecule has 0 fully saturated rings. The van der Waals surface area contributed by atoms with Crippen molar-refractivity contribution in [3.63, 3.8) is 0 Å². The molecule has 1 aromatic heterocycles. The molecule has 2 N–H and O–H groups in total. The third-order valence-corrected chi connectivity index (χ3v) is 7.28. The van der Waals surface area contributed by atoms with Crippen molar-refractivity contribution in [1.29, 1.82) is 0 Å². The van der Waals surface area contributed by atoms with Gasteiger partial charge in [-0.2, -0.15) is 0 Å². The SMILES string of the molecule is Cc1ccnc(NS(=O)(=O)c2ccc(NC(=O)CN(c3ccc(Br)cc3)S(C)(=O)=O)cc2)n1. The summed E-state index contributed by atoms with van der Waals surface area (Å²) in [6.45, 7) is 1.26. The second-order valence-corrected chi connectivity index (χ2v) is 11.5. The molecule has 3 aromatic rings. The van der Waals surface area contributed by atoms with E-state index in [9.17, 15) is 21.6 Å². The van der Waals surface area contributed by atoms with Crippen LogP contribution in [0.1, 0.15) is 5.69 Å². The van der Waals surface area contributed by atoms with Gasteiger partial charge in [0, 0.05) is 22.1 Å². The molecule has 3 rings (SSSR count). The molecule has 0 aliphatic heterocycles. The van der Waals surface area contributed by atoms with Gasteiger partial charge < -0.3 is 5.32 Å². The number of aromatic nitrogens is 2. The van der Waals surface area contributed by atoms with Gasteiger partial charge in [0.15, 0.2) is 0 Å². The Hall–Kier alpha value is -3.03. The summed E-state index contributed by atoms with van der Waals surface area (Å²) in [5.74, 6) is -0.647. The molecule has 174 valence electrons. The lowest BCUT2D eigenvalue weighted by Crippen LogP contribution is -2.37. The first kappa shape index (κ1) is 24.6. The number of hydrogen-bond donors (Lipinski definition) is 2. The number of amides is 1. The molecule has 2 aromatic carbocycles. The van der Waals surface area contributed by atoms with E-state index in [1.807, 2.05) is 0 Å². The number of aryl methyl sites for hydroxylation is 1. The van der Waals surface area contributed by atoms with E-state index in [4.69, 9.17) is 0 Å². The first-order valence-electron chi connectivity index (χ1n) is 9.40. The van der Waals surface area contributed by atoms with Gasteiger partial charge in [0.2, 0.25) is 21.9 Å². The van der Waals surface area contributed by atoms with Gasteiger partial charge in [0.1, 0.15) is 6.54 Å². The van der Waals surface area contributed by atoms with E-state index in [1.165, 1.54) is 30.5 Å². The van der Waals surface area contributed by atoms with Gasteiger partial charge in [-0.05, 0) is 61.5 Å². The zero-order valence-electron chi connectivity index (χ0n) is 17.6. The summed E-state index contributed by atoms with van der Waals surface area (Å²) in [7, 11) is -7.65. The van der Waals surface area contributed by atoms with E-state index in [0.29, 0.717) is 17.1 Å². The molecule has 0 aliphatic carbocycles. The average molecular weight is 554 g/mol. The molecule has 0 saturated heterocycles. The summed E-state index contributed by atoms with van der Waals surface area (Å²) in [5, 5.41) is 2.57. The minimum Gasteiger partial charge on any atom is -0.325 e. The van der Waals surface area contributed by atoms with Crippen LogP contribution in [0, 0.1) is 6.92 Å². The number of nitrogens with one attached hydrogen (secondary N) is 2. The van der Waals surface area contributed by atoms with Crippen molar-refractivity contribution >= 4 is 59.2 Å². The molecule has 0 spiro atoms. The summed E-state index contributed by atoms with van der Waals surface area (Å²) in [6, 6.07) is 13.5. The van der Waals surface area contributed by atoms with Crippen LogP contribution in [0.5, 0.6) is 0 Å². The van der Waals surface area contributed by atoms with Crippen molar-refractivity contribution in [2.75, 3.05) is 27.1 Å². The van der Waals surface area contributed by atoms with E-state index >= 15 is 0 Å². The molecule has 0 radical (unpaired) electrons. The minimum atomic E-state index is -3.93. The Balaban J connectivity index is 1.70. The summed E-state index contributed by atoms with van der Waals surface area (Å²) in [5.41, 5.74) is 1.24. The number of carbonyl (C=O) groups is 1. The molecule has 1 amide bonds. The second kappa shape index (κ2) is 9.85. The topological polar surface area (TPSA) is 138 Å². The number of nitrogens with zero attached hydrogens (tertiary/aromatic N) is 3. The van der Waals surface area contributed by atoms with Crippen LogP contribution in [0.2, 0.25) is 0 Å². The number of hydrogen-bond acceptors (Lipinski definition) is 7. The fourth-order valence-corrected chi connectivity index (χ4v) is 4.80. The lowest BCUT2D eigenvalue weighted by Gasteiger charge is -2.22. The largest absolute Gasteiger partial charge is 0.325 e. The number of benzene rings is 2. The number of rotatable bonds is 8. The highest BCUT2D eigenvalue weighted by Gasteiger charge is 2.21. The smallest absolute Gasteiger partial charge is 0.264 e. The molecular formula is C20H20BrN5O5S2. The third kappa shape index (κ3) is 6.73. The Morgan fingerprint density at radius 3 is 2.21 bits per heavy atom. The zero-order chi connectivity index (χ0) is 24.2.